The highest BCUT2D eigenvalue weighted by molar-refractivity contribution is 4.91. The molecule has 1 aliphatic carbocycles. The number of hydrogen-bond acceptors (Lipinski definition) is 2. The minimum Gasteiger partial charge on any atom is -0.328 e. The highest BCUT2D eigenvalue weighted by atomic mass is 15.2. The van der Waals surface area contributed by atoms with Crippen LogP contribution in [0.25, 0.3) is 0 Å². The minimum absolute atomic E-state index is 0.408. The fraction of sp³-hybridized carbons (Fsp3) is 1.00. The summed E-state index contributed by atoms with van der Waals surface area (Å²) in [6.07, 6.45) is 15.3. The van der Waals surface area contributed by atoms with Gasteiger partial charge in [0.25, 0.3) is 0 Å². The molecule has 2 rings (SSSR count). The molecule has 1 aliphatic heterocycles. The number of piperidine rings is 1. The Balaban J connectivity index is 1.84. The second kappa shape index (κ2) is 10.2. The monoisotopic (exact) mass is 336 g/mol. The number of fused-ring (bicyclic) bond motifs is 1. The van der Waals surface area contributed by atoms with E-state index in [4.69, 9.17) is 5.73 Å². The zero-order chi connectivity index (χ0) is 17.5. The Labute approximate surface area is 151 Å². The first-order valence-corrected chi connectivity index (χ1v) is 11.0. The second-order valence-electron chi connectivity index (χ2n) is 9.24. The number of likely N-dealkylation sites (tertiary alicyclic amines) is 1. The maximum absolute atomic E-state index is 6.14. The molecule has 24 heavy (non-hydrogen) atoms. The molecular formula is C22H44N2. The molecule has 0 aromatic carbocycles. The third kappa shape index (κ3) is 5.73. The van der Waals surface area contributed by atoms with Crippen molar-refractivity contribution in [3.8, 4) is 0 Å². The van der Waals surface area contributed by atoms with Gasteiger partial charge in [-0.2, -0.15) is 0 Å². The summed E-state index contributed by atoms with van der Waals surface area (Å²) in [7, 11) is 0. The van der Waals surface area contributed by atoms with Crippen molar-refractivity contribution in [3.05, 3.63) is 0 Å². The van der Waals surface area contributed by atoms with E-state index in [0.29, 0.717) is 6.04 Å². The molecule has 0 spiro atoms. The molecule has 2 heteroatoms. The Hall–Kier alpha value is -0.0800. The normalized spacial score (nSPS) is 29.2. The van der Waals surface area contributed by atoms with E-state index in [9.17, 15) is 0 Å². The predicted octanol–water partition coefficient (Wildman–Crippen LogP) is 5.60. The van der Waals surface area contributed by atoms with E-state index in [2.05, 4.69) is 32.6 Å². The van der Waals surface area contributed by atoms with E-state index >= 15 is 0 Å². The van der Waals surface area contributed by atoms with E-state index in [0.717, 1.165) is 36.3 Å². The van der Waals surface area contributed by atoms with Crippen molar-refractivity contribution in [2.24, 2.45) is 23.5 Å². The predicted molar refractivity (Wildman–Crippen MR) is 106 cm³/mol. The second-order valence-corrected chi connectivity index (χ2v) is 9.24. The molecule has 0 aromatic rings. The number of rotatable bonds is 9. The van der Waals surface area contributed by atoms with Gasteiger partial charge in [0.1, 0.15) is 0 Å². The molecule has 0 amide bonds. The molecule has 0 radical (unpaired) electrons. The first-order valence-electron chi connectivity index (χ1n) is 11.0. The summed E-state index contributed by atoms with van der Waals surface area (Å²) in [6, 6.07) is 2.12. The quantitative estimate of drug-likeness (QED) is 0.594. The summed E-state index contributed by atoms with van der Waals surface area (Å²) >= 11 is 0. The molecule has 1 saturated heterocycles. The third-order valence-corrected chi connectivity index (χ3v) is 6.91. The molecule has 1 heterocycles. The van der Waals surface area contributed by atoms with Crippen molar-refractivity contribution < 1.29 is 0 Å². The SMILES string of the molecule is CCC(N)CC(C)CCCC(C(C)C)N1CCCC2CCCCC21. The van der Waals surface area contributed by atoms with Gasteiger partial charge in [-0.25, -0.2) is 0 Å². The Morgan fingerprint density at radius 2 is 1.71 bits per heavy atom. The Bertz CT molecular complexity index is 339. The standard InChI is InChI=1S/C22H44N2/c1-5-20(23)16-18(4)10-8-14-21(17(2)3)24-15-9-12-19-11-6-7-13-22(19)24/h17-22H,5-16,23H2,1-4H3. The van der Waals surface area contributed by atoms with Crippen molar-refractivity contribution in [1.29, 1.82) is 0 Å². The Kier molecular flexibility index (Phi) is 8.57. The summed E-state index contributed by atoms with van der Waals surface area (Å²) in [5, 5.41) is 0. The topological polar surface area (TPSA) is 29.3 Å². The van der Waals surface area contributed by atoms with Gasteiger partial charge in [0, 0.05) is 18.1 Å². The highest BCUT2D eigenvalue weighted by Crippen LogP contribution is 2.38. The van der Waals surface area contributed by atoms with E-state index in [-0.39, 0.29) is 0 Å². The average Bonchev–Trinajstić information content (AvgIpc) is 2.58. The van der Waals surface area contributed by atoms with Crippen LogP contribution in [-0.4, -0.2) is 29.6 Å². The van der Waals surface area contributed by atoms with Gasteiger partial charge in [-0.05, 0) is 69.2 Å². The zero-order valence-electron chi connectivity index (χ0n) is 17.0. The number of nitrogens with zero attached hydrogens (tertiary/aromatic N) is 1. The maximum atomic E-state index is 6.14. The van der Waals surface area contributed by atoms with Crippen LogP contribution in [0.4, 0.5) is 0 Å². The average molecular weight is 337 g/mol. The molecule has 5 atom stereocenters. The summed E-state index contributed by atoms with van der Waals surface area (Å²) in [5.74, 6) is 2.59. The summed E-state index contributed by atoms with van der Waals surface area (Å²) in [4.78, 5) is 2.96. The molecule has 0 aromatic heterocycles. The van der Waals surface area contributed by atoms with E-state index in [1.807, 2.05) is 0 Å². The van der Waals surface area contributed by atoms with Gasteiger partial charge in [-0.3, -0.25) is 4.90 Å². The summed E-state index contributed by atoms with van der Waals surface area (Å²) in [6.45, 7) is 10.9. The lowest BCUT2D eigenvalue weighted by Gasteiger charge is -2.49. The van der Waals surface area contributed by atoms with Gasteiger partial charge < -0.3 is 5.73 Å². The van der Waals surface area contributed by atoms with Gasteiger partial charge in [0.05, 0.1) is 0 Å². The van der Waals surface area contributed by atoms with Crippen LogP contribution in [0.3, 0.4) is 0 Å². The Morgan fingerprint density at radius 3 is 2.42 bits per heavy atom. The largest absolute Gasteiger partial charge is 0.328 e. The molecule has 5 unspecified atom stereocenters. The highest BCUT2D eigenvalue weighted by Gasteiger charge is 2.37. The van der Waals surface area contributed by atoms with Crippen molar-refractivity contribution in [1.82, 2.24) is 4.90 Å². The number of hydrogen-bond donors (Lipinski definition) is 1. The van der Waals surface area contributed by atoms with Gasteiger partial charge in [-0.15, -0.1) is 0 Å². The van der Waals surface area contributed by atoms with E-state index in [1.165, 1.54) is 70.8 Å². The fourth-order valence-electron chi connectivity index (χ4n) is 5.43. The lowest BCUT2D eigenvalue weighted by Crippen LogP contribution is -2.53. The van der Waals surface area contributed by atoms with Crippen LogP contribution < -0.4 is 5.73 Å². The minimum atomic E-state index is 0.408. The van der Waals surface area contributed by atoms with Crippen LogP contribution in [0, 0.1) is 17.8 Å². The van der Waals surface area contributed by atoms with Crippen molar-refractivity contribution >= 4 is 0 Å². The van der Waals surface area contributed by atoms with Crippen molar-refractivity contribution in [2.45, 2.75) is 116 Å². The third-order valence-electron chi connectivity index (χ3n) is 6.91. The van der Waals surface area contributed by atoms with E-state index < -0.39 is 0 Å². The van der Waals surface area contributed by atoms with Crippen molar-refractivity contribution in [2.75, 3.05) is 6.54 Å². The van der Waals surface area contributed by atoms with Gasteiger partial charge in [0.15, 0.2) is 0 Å². The smallest absolute Gasteiger partial charge is 0.0127 e. The molecule has 142 valence electrons. The zero-order valence-corrected chi connectivity index (χ0v) is 17.0. The number of nitrogens with two attached hydrogens (primary N) is 1. The summed E-state index contributed by atoms with van der Waals surface area (Å²) < 4.78 is 0. The molecular weight excluding hydrogens is 292 g/mol. The van der Waals surface area contributed by atoms with Gasteiger partial charge in [-0.1, -0.05) is 53.4 Å². The lowest BCUT2D eigenvalue weighted by molar-refractivity contribution is 0.00557. The van der Waals surface area contributed by atoms with Crippen LogP contribution >= 0.6 is 0 Å². The maximum Gasteiger partial charge on any atom is 0.0127 e. The van der Waals surface area contributed by atoms with Crippen LogP contribution in [0.15, 0.2) is 0 Å². The first kappa shape index (κ1) is 20.2. The molecule has 0 bridgehead atoms. The van der Waals surface area contributed by atoms with Crippen LogP contribution in [-0.2, 0) is 0 Å². The fourth-order valence-corrected chi connectivity index (χ4v) is 5.43. The lowest BCUT2D eigenvalue weighted by atomic mass is 9.76. The molecule has 2 aliphatic rings. The summed E-state index contributed by atoms with van der Waals surface area (Å²) in [5.41, 5.74) is 6.14. The van der Waals surface area contributed by atoms with Crippen LogP contribution in [0.5, 0.6) is 0 Å². The van der Waals surface area contributed by atoms with Gasteiger partial charge in [0.2, 0.25) is 0 Å². The first-order chi connectivity index (χ1) is 11.5. The van der Waals surface area contributed by atoms with Crippen LogP contribution in [0.1, 0.15) is 98.3 Å². The van der Waals surface area contributed by atoms with Crippen molar-refractivity contribution in [3.63, 3.8) is 0 Å². The molecule has 2 nitrogen and oxygen atoms in total. The van der Waals surface area contributed by atoms with Crippen LogP contribution in [0.2, 0.25) is 0 Å². The van der Waals surface area contributed by atoms with Gasteiger partial charge >= 0.3 is 0 Å². The molecule has 2 fully saturated rings. The van der Waals surface area contributed by atoms with E-state index in [1.54, 1.807) is 0 Å². The molecule has 1 saturated carbocycles. The Morgan fingerprint density at radius 1 is 1.00 bits per heavy atom. The molecule has 2 N–H and O–H groups in total.